The maximum Gasteiger partial charge on any atom is 0.253 e. The smallest absolute Gasteiger partial charge is 0.253 e. The third kappa shape index (κ3) is 3.61. The van der Waals surface area contributed by atoms with Crippen LogP contribution in [-0.2, 0) is 0 Å². The van der Waals surface area contributed by atoms with Crippen LogP contribution < -0.4 is 0 Å². The highest BCUT2D eigenvalue weighted by Crippen LogP contribution is 2.24. The van der Waals surface area contributed by atoms with E-state index in [-0.39, 0.29) is 5.91 Å². The van der Waals surface area contributed by atoms with Crippen molar-refractivity contribution < 1.29 is 4.79 Å². The lowest BCUT2D eigenvalue weighted by molar-refractivity contribution is 0.0523. The van der Waals surface area contributed by atoms with Gasteiger partial charge in [-0.05, 0) is 36.6 Å². The first-order chi connectivity index (χ1) is 12.3. The molecule has 1 saturated heterocycles. The topological polar surface area (TPSA) is 52.2 Å². The van der Waals surface area contributed by atoms with Crippen molar-refractivity contribution in [3.05, 3.63) is 42.1 Å². The van der Waals surface area contributed by atoms with Crippen LogP contribution in [0.25, 0.3) is 11.3 Å². The summed E-state index contributed by atoms with van der Waals surface area (Å²) in [5.41, 5.74) is 2.80. The molecule has 0 atom stereocenters. The zero-order chi connectivity index (χ0) is 17.1. The van der Waals surface area contributed by atoms with Gasteiger partial charge in [0.1, 0.15) is 0 Å². The fourth-order valence-electron chi connectivity index (χ4n) is 4.13. The number of hydrogen-bond donors (Lipinski definition) is 1. The Balaban J connectivity index is 1.35. The third-order valence-electron chi connectivity index (χ3n) is 5.64. The second-order valence-electron chi connectivity index (χ2n) is 7.17. The summed E-state index contributed by atoms with van der Waals surface area (Å²) in [7, 11) is 0. The van der Waals surface area contributed by atoms with E-state index >= 15 is 0 Å². The van der Waals surface area contributed by atoms with Gasteiger partial charge in [0.05, 0.1) is 5.69 Å². The number of rotatable bonds is 3. The molecule has 1 saturated carbocycles. The fraction of sp³-hybridized carbons (Fsp3) is 0.500. The molecular weight excluding hydrogens is 312 g/mol. The van der Waals surface area contributed by atoms with Crippen LogP contribution >= 0.6 is 0 Å². The number of aromatic nitrogens is 2. The van der Waals surface area contributed by atoms with Gasteiger partial charge in [-0.1, -0.05) is 31.4 Å². The number of nitrogens with one attached hydrogen (secondary N) is 1. The Labute approximate surface area is 149 Å². The van der Waals surface area contributed by atoms with Gasteiger partial charge in [0, 0.05) is 44.0 Å². The van der Waals surface area contributed by atoms with E-state index < -0.39 is 0 Å². The first kappa shape index (κ1) is 16.3. The average Bonchev–Trinajstić information content (AvgIpc) is 3.23. The highest BCUT2D eigenvalue weighted by Gasteiger charge is 2.27. The van der Waals surface area contributed by atoms with Gasteiger partial charge in [-0.2, -0.15) is 5.10 Å². The van der Waals surface area contributed by atoms with Gasteiger partial charge in [-0.3, -0.25) is 14.8 Å². The Kier molecular flexibility index (Phi) is 4.83. The molecule has 4 rings (SSSR count). The van der Waals surface area contributed by atoms with E-state index in [1.165, 1.54) is 32.1 Å². The number of benzene rings is 1. The quantitative estimate of drug-likeness (QED) is 0.935. The highest BCUT2D eigenvalue weighted by molar-refractivity contribution is 5.94. The first-order valence-electron chi connectivity index (χ1n) is 9.44. The van der Waals surface area contributed by atoms with Gasteiger partial charge in [0.15, 0.2) is 0 Å². The molecule has 1 aliphatic carbocycles. The lowest BCUT2D eigenvalue weighted by atomic mass is 9.94. The number of piperazine rings is 1. The number of carbonyl (C=O) groups is 1. The molecule has 0 unspecified atom stereocenters. The molecule has 0 bridgehead atoms. The van der Waals surface area contributed by atoms with E-state index in [0.29, 0.717) is 0 Å². The highest BCUT2D eigenvalue weighted by atomic mass is 16.2. The molecule has 2 fully saturated rings. The largest absolute Gasteiger partial charge is 0.336 e. The SMILES string of the molecule is O=C(c1ccc(-c2ccn[nH]2)cc1)N1CCN(C2CCCCC2)CC1. The first-order valence-corrected chi connectivity index (χ1v) is 9.44. The average molecular weight is 338 g/mol. The Morgan fingerprint density at radius 1 is 0.960 bits per heavy atom. The number of aromatic amines is 1. The summed E-state index contributed by atoms with van der Waals surface area (Å²) in [6.45, 7) is 3.72. The molecule has 5 heteroatoms. The second-order valence-corrected chi connectivity index (χ2v) is 7.17. The van der Waals surface area contributed by atoms with E-state index in [2.05, 4.69) is 15.1 Å². The van der Waals surface area contributed by atoms with Crippen LogP contribution in [0.2, 0.25) is 0 Å². The summed E-state index contributed by atoms with van der Waals surface area (Å²) in [4.78, 5) is 17.4. The Morgan fingerprint density at radius 3 is 2.32 bits per heavy atom. The molecule has 1 aromatic carbocycles. The molecular formula is C20H26N4O. The van der Waals surface area contributed by atoms with Gasteiger partial charge in [0.2, 0.25) is 0 Å². The number of H-pyrrole nitrogens is 1. The van der Waals surface area contributed by atoms with Crippen molar-refractivity contribution in [1.82, 2.24) is 20.0 Å². The molecule has 25 heavy (non-hydrogen) atoms. The standard InChI is InChI=1S/C20H26N4O/c25-20(17-8-6-16(7-9-17)19-10-11-21-22-19)24-14-12-23(13-15-24)18-4-2-1-3-5-18/h6-11,18H,1-5,12-15H2,(H,21,22). The molecule has 1 aliphatic heterocycles. The Bertz CT molecular complexity index is 681. The van der Waals surface area contributed by atoms with Crippen molar-refractivity contribution in [2.45, 2.75) is 38.1 Å². The lowest BCUT2D eigenvalue weighted by Gasteiger charge is -2.40. The number of nitrogens with zero attached hydrogens (tertiary/aromatic N) is 3. The van der Waals surface area contributed by atoms with Crippen molar-refractivity contribution in [1.29, 1.82) is 0 Å². The predicted octanol–water partition coefficient (Wildman–Crippen LogP) is 3.17. The van der Waals surface area contributed by atoms with E-state index in [1.54, 1.807) is 6.20 Å². The Morgan fingerprint density at radius 2 is 1.68 bits per heavy atom. The minimum Gasteiger partial charge on any atom is -0.336 e. The van der Waals surface area contributed by atoms with Gasteiger partial charge in [-0.15, -0.1) is 0 Å². The molecule has 132 valence electrons. The fourth-order valence-corrected chi connectivity index (χ4v) is 4.13. The van der Waals surface area contributed by atoms with Crippen LogP contribution in [0, 0.1) is 0 Å². The molecule has 1 N–H and O–H groups in total. The minimum absolute atomic E-state index is 0.152. The molecule has 1 aromatic heterocycles. The van der Waals surface area contributed by atoms with Crippen molar-refractivity contribution >= 4 is 5.91 Å². The van der Waals surface area contributed by atoms with Gasteiger partial charge < -0.3 is 4.90 Å². The Hall–Kier alpha value is -2.14. The molecule has 0 spiro atoms. The molecule has 0 radical (unpaired) electrons. The maximum atomic E-state index is 12.8. The minimum atomic E-state index is 0.152. The van der Waals surface area contributed by atoms with Crippen LogP contribution in [0.5, 0.6) is 0 Å². The van der Waals surface area contributed by atoms with Crippen molar-refractivity contribution in [2.24, 2.45) is 0 Å². The van der Waals surface area contributed by atoms with Crippen LogP contribution in [-0.4, -0.2) is 58.1 Å². The maximum absolute atomic E-state index is 12.8. The molecule has 1 amide bonds. The van der Waals surface area contributed by atoms with Crippen molar-refractivity contribution in [3.63, 3.8) is 0 Å². The van der Waals surface area contributed by atoms with Crippen molar-refractivity contribution in [2.75, 3.05) is 26.2 Å². The van der Waals surface area contributed by atoms with Crippen molar-refractivity contribution in [3.8, 4) is 11.3 Å². The summed E-state index contributed by atoms with van der Waals surface area (Å²) >= 11 is 0. The van der Waals surface area contributed by atoms with Crippen LogP contribution in [0.15, 0.2) is 36.5 Å². The van der Waals surface area contributed by atoms with Crippen LogP contribution in [0.1, 0.15) is 42.5 Å². The zero-order valence-electron chi connectivity index (χ0n) is 14.7. The summed E-state index contributed by atoms with van der Waals surface area (Å²) < 4.78 is 0. The lowest BCUT2D eigenvalue weighted by Crippen LogP contribution is -2.52. The summed E-state index contributed by atoms with van der Waals surface area (Å²) in [5, 5.41) is 6.92. The molecule has 5 nitrogen and oxygen atoms in total. The molecule has 2 heterocycles. The monoisotopic (exact) mass is 338 g/mol. The summed E-state index contributed by atoms with van der Waals surface area (Å²) in [6, 6.07) is 10.5. The van der Waals surface area contributed by atoms with Gasteiger partial charge >= 0.3 is 0 Å². The van der Waals surface area contributed by atoms with Gasteiger partial charge in [-0.25, -0.2) is 0 Å². The predicted molar refractivity (Wildman–Crippen MR) is 98.4 cm³/mol. The third-order valence-corrected chi connectivity index (χ3v) is 5.64. The van der Waals surface area contributed by atoms with E-state index in [0.717, 1.165) is 49.0 Å². The van der Waals surface area contributed by atoms with E-state index in [1.807, 2.05) is 35.2 Å². The number of hydrogen-bond acceptors (Lipinski definition) is 3. The van der Waals surface area contributed by atoms with Crippen LogP contribution in [0.4, 0.5) is 0 Å². The van der Waals surface area contributed by atoms with E-state index in [4.69, 9.17) is 0 Å². The summed E-state index contributed by atoms with van der Waals surface area (Å²) in [5.74, 6) is 0.152. The number of amides is 1. The number of carbonyl (C=O) groups excluding carboxylic acids is 1. The van der Waals surface area contributed by atoms with Crippen LogP contribution in [0.3, 0.4) is 0 Å². The second kappa shape index (κ2) is 7.40. The van der Waals surface area contributed by atoms with E-state index in [9.17, 15) is 4.79 Å². The van der Waals surface area contributed by atoms with Gasteiger partial charge in [0.25, 0.3) is 5.91 Å². The summed E-state index contributed by atoms with van der Waals surface area (Å²) in [6.07, 6.45) is 8.54. The molecule has 2 aliphatic rings. The normalized spacial score (nSPS) is 19.9. The molecule has 2 aromatic rings. The zero-order valence-corrected chi connectivity index (χ0v) is 14.7.